The normalized spacial score (nSPS) is 15.9. The van der Waals surface area contributed by atoms with Gasteiger partial charge in [0, 0.05) is 13.7 Å². The van der Waals surface area contributed by atoms with Gasteiger partial charge in [0.25, 0.3) is 0 Å². The second kappa shape index (κ2) is 8.09. The molecule has 1 atom stereocenters. The van der Waals surface area contributed by atoms with Crippen molar-refractivity contribution in [2.24, 2.45) is 0 Å². The molecule has 0 heterocycles. The highest BCUT2D eigenvalue weighted by Gasteiger charge is 2.25. The maximum atomic E-state index is 11.6. The Morgan fingerprint density at radius 1 is 1.28 bits per heavy atom. The van der Waals surface area contributed by atoms with Gasteiger partial charge in [-0.05, 0) is 40.2 Å². The summed E-state index contributed by atoms with van der Waals surface area (Å²) in [4.78, 5) is 0. The molecule has 0 aromatic heterocycles. The van der Waals surface area contributed by atoms with E-state index >= 15 is 0 Å². The summed E-state index contributed by atoms with van der Waals surface area (Å²) in [7, 11) is -1.44. The van der Waals surface area contributed by atoms with Crippen molar-refractivity contribution in [3.63, 3.8) is 0 Å². The van der Waals surface area contributed by atoms with E-state index in [2.05, 4.69) is 5.32 Å². The second-order valence-corrected chi connectivity index (χ2v) is 7.83. The average molecular weight is 281 g/mol. The van der Waals surface area contributed by atoms with Crippen molar-refractivity contribution in [2.75, 3.05) is 32.6 Å². The molecule has 0 bridgehead atoms. The fourth-order valence-corrected chi connectivity index (χ4v) is 2.58. The van der Waals surface area contributed by atoms with Crippen LogP contribution in [0.4, 0.5) is 0 Å². The van der Waals surface area contributed by atoms with Crippen LogP contribution in [0.25, 0.3) is 0 Å². The monoisotopic (exact) mass is 281 g/mol. The molecule has 6 heteroatoms. The SMILES string of the molecule is COCCNCCC(C)(O)CCS(=O)(=O)C(C)C. The number of methoxy groups -OCH3 is 1. The van der Waals surface area contributed by atoms with E-state index in [-0.39, 0.29) is 17.4 Å². The maximum Gasteiger partial charge on any atom is 0.152 e. The zero-order valence-electron chi connectivity index (χ0n) is 11.9. The predicted octanol–water partition coefficient (Wildman–Crippen LogP) is 0.577. The van der Waals surface area contributed by atoms with Crippen molar-refractivity contribution in [1.82, 2.24) is 5.32 Å². The summed E-state index contributed by atoms with van der Waals surface area (Å²) in [5.74, 6) is 0.0374. The molecule has 18 heavy (non-hydrogen) atoms. The molecule has 1 unspecified atom stereocenters. The Hall–Kier alpha value is -0.170. The number of hydrogen-bond donors (Lipinski definition) is 2. The van der Waals surface area contributed by atoms with Gasteiger partial charge in [0.15, 0.2) is 9.84 Å². The molecule has 0 aliphatic carbocycles. The summed E-state index contributed by atoms with van der Waals surface area (Å²) in [6, 6.07) is 0. The van der Waals surface area contributed by atoms with Crippen LogP contribution in [0.2, 0.25) is 0 Å². The van der Waals surface area contributed by atoms with Crippen LogP contribution in [0.5, 0.6) is 0 Å². The van der Waals surface area contributed by atoms with E-state index < -0.39 is 15.4 Å². The van der Waals surface area contributed by atoms with Gasteiger partial charge in [-0.25, -0.2) is 8.42 Å². The first kappa shape index (κ1) is 17.8. The largest absolute Gasteiger partial charge is 0.390 e. The van der Waals surface area contributed by atoms with Crippen molar-refractivity contribution in [2.45, 2.75) is 44.5 Å². The minimum absolute atomic E-state index is 0.0374. The van der Waals surface area contributed by atoms with Gasteiger partial charge in [0.1, 0.15) is 0 Å². The number of rotatable bonds is 10. The first-order valence-electron chi connectivity index (χ1n) is 6.35. The highest BCUT2D eigenvalue weighted by molar-refractivity contribution is 7.91. The summed E-state index contributed by atoms with van der Waals surface area (Å²) in [5.41, 5.74) is -0.942. The molecule has 0 aliphatic rings. The summed E-state index contributed by atoms with van der Waals surface area (Å²) in [6.45, 7) is 7.02. The zero-order chi connectivity index (χ0) is 14.2. The Morgan fingerprint density at radius 2 is 1.89 bits per heavy atom. The standard InChI is InChI=1S/C12H27NO4S/c1-11(2)18(15,16)10-6-12(3,14)5-7-13-8-9-17-4/h11,13-14H,5-10H2,1-4H3. The lowest BCUT2D eigenvalue weighted by atomic mass is 9.99. The van der Waals surface area contributed by atoms with Gasteiger partial charge in [-0.2, -0.15) is 0 Å². The fraction of sp³-hybridized carbons (Fsp3) is 1.00. The minimum atomic E-state index is -3.07. The third-order valence-corrected chi connectivity index (χ3v) is 5.18. The van der Waals surface area contributed by atoms with E-state index in [1.807, 2.05) is 0 Å². The Morgan fingerprint density at radius 3 is 2.39 bits per heavy atom. The van der Waals surface area contributed by atoms with E-state index in [1.165, 1.54) is 0 Å². The molecule has 0 amide bonds. The van der Waals surface area contributed by atoms with Crippen LogP contribution in [0, 0.1) is 0 Å². The molecule has 0 aliphatic heterocycles. The molecule has 0 spiro atoms. The van der Waals surface area contributed by atoms with Gasteiger partial charge < -0.3 is 15.2 Å². The fourth-order valence-electron chi connectivity index (χ4n) is 1.38. The summed E-state index contributed by atoms with van der Waals surface area (Å²) in [6.07, 6.45) is 0.809. The molecule has 0 saturated carbocycles. The second-order valence-electron chi connectivity index (χ2n) is 5.16. The van der Waals surface area contributed by atoms with Gasteiger partial charge in [-0.15, -0.1) is 0 Å². The molecular formula is C12H27NO4S. The molecule has 2 N–H and O–H groups in total. The number of nitrogens with one attached hydrogen (secondary N) is 1. The first-order chi connectivity index (χ1) is 8.21. The van der Waals surface area contributed by atoms with Crippen LogP contribution >= 0.6 is 0 Å². The summed E-state index contributed by atoms with van der Waals surface area (Å²) < 4.78 is 28.2. The van der Waals surface area contributed by atoms with Gasteiger partial charge >= 0.3 is 0 Å². The predicted molar refractivity (Wildman–Crippen MR) is 73.5 cm³/mol. The van der Waals surface area contributed by atoms with Crippen LogP contribution < -0.4 is 5.32 Å². The number of aliphatic hydroxyl groups is 1. The van der Waals surface area contributed by atoms with E-state index in [0.717, 1.165) is 6.54 Å². The van der Waals surface area contributed by atoms with Gasteiger partial charge in [-0.3, -0.25) is 0 Å². The lowest BCUT2D eigenvalue weighted by molar-refractivity contribution is 0.0475. The summed E-state index contributed by atoms with van der Waals surface area (Å²) in [5, 5.41) is 12.8. The lowest BCUT2D eigenvalue weighted by Gasteiger charge is -2.23. The van der Waals surface area contributed by atoms with Gasteiger partial charge in [0.2, 0.25) is 0 Å². The Bertz CT molecular complexity index is 312. The molecule has 0 aromatic rings. The van der Waals surface area contributed by atoms with Gasteiger partial charge in [-0.1, -0.05) is 0 Å². The topological polar surface area (TPSA) is 75.6 Å². The van der Waals surface area contributed by atoms with Crippen molar-refractivity contribution in [1.29, 1.82) is 0 Å². The quantitative estimate of drug-likeness (QED) is 0.573. The molecule has 0 fully saturated rings. The maximum absolute atomic E-state index is 11.6. The molecule has 5 nitrogen and oxygen atoms in total. The van der Waals surface area contributed by atoms with E-state index in [4.69, 9.17) is 4.74 Å². The summed E-state index contributed by atoms with van der Waals surface area (Å²) >= 11 is 0. The lowest BCUT2D eigenvalue weighted by Crippen LogP contribution is -2.34. The first-order valence-corrected chi connectivity index (χ1v) is 8.06. The van der Waals surface area contributed by atoms with E-state index in [9.17, 15) is 13.5 Å². The van der Waals surface area contributed by atoms with Crippen molar-refractivity contribution >= 4 is 9.84 Å². The van der Waals surface area contributed by atoms with Crippen molar-refractivity contribution < 1.29 is 18.3 Å². The van der Waals surface area contributed by atoms with E-state index in [1.54, 1.807) is 27.9 Å². The van der Waals surface area contributed by atoms with Crippen molar-refractivity contribution in [3.05, 3.63) is 0 Å². The molecule has 0 rings (SSSR count). The number of ether oxygens (including phenoxy) is 1. The Labute approximate surface area is 111 Å². The Balaban J connectivity index is 3.94. The van der Waals surface area contributed by atoms with Crippen LogP contribution in [0.15, 0.2) is 0 Å². The van der Waals surface area contributed by atoms with E-state index in [0.29, 0.717) is 19.6 Å². The average Bonchev–Trinajstić information content (AvgIpc) is 2.26. The number of hydrogen-bond acceptors (Lipinski definition) is 5. The van der Waals surface area contributed by atoms with Crippen LogP contribution in [-0.4, -0.2) is 56.9 Å². The molecule has 0 radical (unpaired) electrons. The zero-order valence-corrected chi connectivity index (χ0v) is 12.7. The van der Waals surface area contributed by atoms with Crippen LogP contribution in [-0.2, 0) is 14.6 Å². The Kier molecular flexibility index (Phi) is 8.02. The third kappa shape index (κ3) is 8.02. The van der Waals surface area contributed by atoms with Crippen molar-refractivity contribution in [3.8, 4) is 0 Å². The molecular weight excluding hydrogens is 254 g/mol. The minimum Gasteiger partial charge on any atom is -0.390 e. The molecule has 0 aromatic carbocycles. The molecule has 110 valence electrons. The van der Waals surface area contributed by atoms with Gasteiger partial charge in [0.05, 0.1) is 23.2 Å². The van der Waals surface area contributed by atoms with Crippen LogP contribution in [0.1, 0.15) is 33.6 Å². The highest BCUT2D eigenvalue weighted by atomic mass is 32.2. The van der Waals surface area contributed by atoms with Crippen LogP contribution in [0.3, 0.4) is 0 Å². The third-order valence-electron chi connectivity index (χ3n) is 2.97. The highest BCUT2D eigenvalue weighted by Crippen LogP contribution is 2.16. The smallest absolute Gasteiger partial charge is 0.152 e. The number of sulfone groups is 1. The molecule has 0 saturated heterocycles.